The molecule has 2 rings (SSSR count). The molecule has 0 radical (unpaired) electrons. The van der Waals surface area contributed by atoms with Crippen molar-refractivity contribution in [1.29, 1.82) is 0 Å². The number of carbonyl (C=O) groups is 1. The number of halogens is 2. The van der Waals surface area contributed by atoms with E-state index in [1.165, 1.54) is 0 Å². The van der Waals surface area contributed by atoms with Gasteiger partial charge in [-0.2, -0.15) is 0 Å². The molecule has 3 nitrogen and oxygen atoms in total. The summed E-state index contributed by atoms with van der Waals surface area (Å²) in [5.74, 6) is -0.252. The molecular weight excluding hydrogens is 316 g/mol. The maximum atomic E-state index is 12.1. The first kappa shape index (κ1) is 13.1. The lowest BCUT2D eigenvalue weighted by Gasteiger charge is -2.08. The summed E-state index contributed by atoms with van der Waals surface area (Å²) in [6.45, 7) is 1.83. The minimum absolute atomic E-state index is 0.252. The van der Waals surface area contributed by atoms with Gasteiger partial charge >= 0.3 is 0 Å². The van der Waals surface area contributed by atoms with E-state index in [1.54, 1.807) is 36.5 Å². The third-order valence-corrected chi connectivity index (χ3v) is 3.25. The molecule has 1 aromatic carbocycles. The Bertz CT molecular complexity index is 601. The summed E-state index contributed by atoms with van der Waals surface area (Å²) in [4.78, 5) is 16.2. The van der Waals surface area contributed by atoms with E-state index in [9.17, 15) is 4.79 Å². The first-order chi connectivity index (χ1) is 8.58. The number of nitrogens with one attached hydrogen (secondary N) is 1. The normalized spacial score (nSPS) is 10.2. The van der Waals surface area contributed by atoms with E-state index < -0.39 is 0 Å². The quantitative estimate of drug-likeness (QED) is 0.905. The predicted molar refractivity (Wildman–Crippen MR) is 76.1 cm³/mol. The van der Waals surface area contributed by atoms with Crippen LogP contribution in [-0.2, 0) is 0 Å². The standard InChI is InChI=1S/C13H10BrClN2O/c1-8-12(3-2-6-16-8)17-13(18)10-7-9(14)4-5-11(10)15/h2-7H,1H3,(H,17,18). The van der Waals surface area contributed by atoms with Gasteiger partial charge in [0.2, 0.25) is 0 Å². The Morgan fingerprint density at radius 2 is 2.17 bits per heavy atom. The zero-order valence-corrected chi connectivity index (χ0v) is 11.9. The first-order valence-corrected chi connectivity index (χ1v) is 6.43. The Morgan fingerprint density at radius 3 is 2.89 bits per heavy atom. The zero-order valence-electron chi connectivity index (χ0n) is 9.58. The third kappa shape index (κ3) is 2.89. The topological polar surface area (TPSA) is 42.0 Å². The van der Waals surface area contributed by atoms with E-state index >= 15 is 0 Å². The number of rotatable bonds is 2. The van der Waals surface area contributed by atoms with Gasteiger partial charge in [-0.05, 0) is 37.3 Å². The van der Waals surface area contributed by atoms with Gasteiger partial charge in [-0.25, -0.2) is 0 Å². The van der Waals surface area contributed by atoms with Crippen molar-refractivity contribution in [2.24, 2.45) is 0 Å². The van der Waals surface area contributed by atoms with E-state index in [0.717, 1.165) is 10.2 Å². The minimum atomic E-state index is -0.252. The van der Waals surface area contributed by atoms with Crippen LogP contribution in [0.5, 0.6) is 0 Å². The van der Waals surface area contributed by atoms with Crippen LogP contribution in [0.1, 0.15) is 16.1 Å². The summed E-state index contributed by atoms with van der Waals surface area (Å²) in [5, 5.41) is 3.20. The van der Waals surface area contributed by atoms with Crippen LogP contribution in [0.25, 0.3) is 0 Å². The van der Waals surface area contributed by atoms with Gasteiger partial charge in [-0.15, -0.1) is 0 Å². The highest BCUT2D eigenvalue weighted by molar-refractivity contribution is 9.10. The maximum Gasteiger partial charge on any atom is 0.257 e. The van der Waals surface area contributed by atoms with Crippen LogP contribution in [-0.4, -0.2) is 10.9 Å². The molecular formula is C13H10BrClN2O. The van der Waals surface area contributed by atoms with E-state index in [-0.39, 0.29) is 5.91 Å². The highest BCUT2D eigenvalue weighted by atomic mass is 79.9. The molecule has 92 valence electrons. The van der Waals surface area contributed by atoms with Crippen LogP contribution in [0.4, 0.5) is 5.69 Å². The molecule has 0 fully saturated rings. The molecule has 5 heteroatoms. The summed E-state index contributed by atoms with van der Waals surface area (Å²) in [6, 6.07) is 8.71. The van der Waals surface area contributed by atoms with Gasteiger partial charge in [0.05, 0.1) is 22.0 Å². The SMILES string of the molecule is Cc1ncccc1NC(=O)c1cc(Br)ccc1Cl. The monoisotopic (exact) mass is 324 g/mol. The molecule has 0 aliphatic carbocycles. The van der Waals surface area contributed by atoms with Gasteiger partial charge in [0.25, 0.3) is 5.91 Å². The molecule has 1 aromatic heterocycles. The van der Waals surface area contributed by atoms with Crippen LogP contribution >= 0.6 is 27.5 Å². The van der Waals surface area contributed by atoms with Crippen molar-refractivity contribution in [3.8, 4) is 0 Å². The summed E-state index contributed by atoms with van der Waals surface area (Å²) < 4.78 is 0.806. The number of hydrogen-bond acceptors (Lipinski definition) is 2. The second-order valence-corrected chi connectivity index (χ2v) is 5.04. The lowest BCUT2D eigenvalue weighted by molar-refractivity contribution is 0.102. The second kappa shape index (κ2) is 5.50. The van der Waals surface area contributed by atoms with Crippen molar-refractivity contribution >= 4 is 39.1 Å². The van der Waals surface area contributed by atoms with Gasteiger partial charge in [0, 0.05) is 10.7 Å². The number of nitrogens with zero attached hydrogens (tertiary/aromatic N) is 1. The third-order valence-electron chi connectivity index (χ3n) is 2.43. The molecule has 18 heavy (non-hydrogen) atoms. The Kier molecular flexibility index (Phi) is 3.99. The number of anilines is 1. The second-order valence-electron chi connectivity index (χ2n) is 3.71. The number of aryl methyl sites for hydroxylation is 1. The number of hydrogen-bond donors (Lipinski definition) is 1. The van der Waals surface area contributed by atoms with Crippen molar-refractivity contribution in [3.05, 3.63) is 57.3 Å². The Balaban J connectivity index is 2.28. The van der Waals surface area contributed by atoms with Gasteiger partial charge in [-0.3, -0.25) is 9.78 Å². The smallest absolute Gasteiger partial charge is 0.257 e. The highest BCUT2D eigenvalue weighted by Gasteiger charge is 2.12. The Hall–Kier alpha value is -1.39. The van der Waals surface area contributed by atoms with Crippen molar-refractivity contribution < 1.29 is 4.79 Å². The van der Waals surface area contributed by atoms with E-state index in [4.69, 9.17) is 11.6 Å². The average Bonchev–Trinajstić information content (AvgIpc) is 2.35. The molecule has 0 bridgehead atoms. The number of benzene rings is 1. The number of carbonyl (C=O) groups excluding carboxylic acids is 1. The van der Waals surface area contributed by atoms with Gasteiger partial charge in [-0.1, -0.05) is 27.5 Å². The first-order valence-electron chi connectivity index (χ1n) is 5.26. The molecule has 0 saturated carbocycles. The van der Waals surface area contributed by atoms with Crippen molar-refractivity contribution in [1.82, 2.24) is 4.98 Å². The number of aromatic nitrogens is 1. The van der Waals surface area contributed by atoms with Crippen molar-refractivity contribution in [3.63, 3.8) is 0 Å². The van der Waals surface area contributed by atoms with E-state index in [2.05, 4.69) is 26.2 Å². The van der Waals surface area contributed by atoms with Crippen LogP contribution < -0.4 is 5.32 Å². The van der Waals surface area contributed by atoms with E-state index in [0.29, 0.717) is 16.3 Å². The molecule has 1 N–H and O–H groups in total. The van der Waals surface area contributed by atoms with Gasteiger partial charge in [0.1, 0.15) is 0 Å². The average molecular weight is 326 g/mol. The molecule has 0 saturated heterocycles. The fourth-order valence-electron chi connectivity index (χ4n) is 1.48. The fourth-order valence-corrected chi connectivity index (χ4v) is 2.04. The van der Waals surface area contributed by atoms with Crippen LogP contribution in [0.15, 0.2) is 41.0 Å². The molecule has 1 amide bonds. The Labute approximate surface area is 118 Å². The van der Waals surface area contributed by atoms with Crippen LogP contribution in [0, 0.1) is 6.92 Å². The number of pyridine rings is 1. The largest absolute Gasteiger partial charge is 0.320 e. The molecule has 0 unspecified atom stereocenters. The molecule has 2 aromatic rings. The lowest BCUT2D eigenvalue weighted by Crippen LogP contribution is -2.13. The molecule has 0 aliphatic rings. The molecule has 0 atom stereocenters. The van der Waals surface area contributed by atoms with E-state index in [1.807, 2.05) is 6.92 Å². The van der Waals surface area contributed by atoms with Crippen molar-refractivity contribution in [2.45, 2.75) is 6.92 Å². The fraction of sp³-hybridized carbons (Fsp3) is 0.0769. The summed E-state index contributed by atoms with van der Waals surface area (Å²) >= 11 is 9.31. The molecule has 0 aliphatic heterocycles. The molecule has 1 heterocycles. The van der Waals surface area contributed by atoms with Crippen LogP contribution in [0.2, 0.25) is 5.02 Å². The van der Waals surface area contributed by atoms with Gasteiger partial charge in [0.15, 0.2) is 0 Å². The predicted octanol–water partition coefficient (Wildman–Crippen LogP) is 4.06. The minimum Gasteiger partial charge on any atom is -0.320 e. The number of amides is 1. The summed E-state index contributed by atoms with van der Waals surface area (Å²) in [7, 11) is 0. The van der Waals surface area contributed by atoms with Crippen molar-refractivity contribution in [2.75, 3.05) is 5.32 Å². The zero-order chi connectivity index (χ0) is 13.1. The lowest BCUT2D eigenvalue weighted by atomic mass is 10.2. The molecule has 0 spiro atoms. The summed E-state index contributed by atoms with van der Waals surface area (Å²) in [6.07, 6.45) is 1.68. The van der Waals surface area contributed by atoms with Crippen LogP contribution in [0.3, 0.4) is 0 Å². The summed E-state index contributed by atoms with van der Waals surface area (Å²) in [5.41, 5.74) is 1.87. The highest BCUT2D eigenvalue weighted by Crippen LogP contribution is 2.22. The van der Waals surface area contributed by atoms with Gasteiger partial charge < -0.3 is 5.32 Å². The Morgan fingerprint density at radius 1 is 1.39 bits per heavy atom. The maximum absolute atomic E-state index is 12.1.